The van der Waals surface area contributed by atoms with Gasteiger partial charge in [-0.25, -0.2) is 8.42 Å². The molecule has 29 heavy (non-hydrogen) atoms. The molecule has 0 saturated heterocycles. The van der Waals surface area contributed by atoms with Crippen LogP contribution in [0.25, 0.3) is 0 Å². The first-order chi connectivity index (χ1) is 13.7. The van der Waals surface area contributed by atoms with E-state index in [0.717, 1.165) is 5.56 Å². The number of nitrogens with one attached hydrogen (secondary N) is 2. The van der Waals surface area contributed by atoms with Crippen LogP contribution in [-0.4, -0.2) is 14.3 Å². The van der Waals surface area contributed by atoms with Gasteiger partial charge in [0.05, 0.1) is 10.6 Å². The number of carbonyl (C=O) groups excluding carboxylic acids is 1. The van der Waals surface area contributed by atoms with Crippen LogP contribution >= 0.6 is 23.2 Å². The van der Waals surface area contributed by atoms with Crippen molar-refractivity contribution in [2.24, 2.45) is 0 Å². The second-order valence-corrected chi connectivity index (χ2v) is 8.98. The van der Waals surface area contributed by atoms with E-state index in [2.05, 4.69) is 10.0 Å². The summed E-state index contributed by atoms with van der Waals surface area (Å²) in [5.74, 6) is -0.314. The summed E-state index contributed by atoms with van der Waals surface area (Å²) in [6.45, 7) is 3.54. The van der Waals surface area contributed by atoms with Crippen molar-refractivity contribution in [3.8, 4) is 0 Å². The molecular weight excluding hydrogens is 431 g/mol. The summed E-state index contributed by atoms with van der Waals surface area (Å²) in [4.78, 5) is 12.7. The molecule has 0 atom stereocenters. The van der Waals surface area contributed by atoms with Crippen molar-refractivity contribution in [2.45, 2.75) is 18.7 Å². The van der Waals surface area contributed by atoms with E-state index in [9.17, 15) is 13.2 Å². The second-order valence-electron chi connectivity index (χ2n) is 6.46. The molecule has 5 nitrogen and oxygen atoms in total. The first kappa shape index (κ1) is 21.2. The lowest BCUT2D eigenvalue weighted by Crippen LogP contribution is -2.15. The topological polar surface area (TPSA) is 75.3 Å². The number of rotatable bonds is 5. The van der Waals surface area contributed by atoms with Crippen molar-refractivity contribution in [3.05, 3.63) is 87.4 Å². The average Bonchev–Trinajstić information content (AvgIpc) is 2.67. The van der Waals surface area contributed by atoms with Crippen LogP contribution in [0.3, 0.4) is 0 Å². The maximum Gasteiger partial charge on any atom is 0.261 e. The largest absolute Gasteiger partial charge is 0.322 e. The lowest BCUT2D eigenvalue weighted by Gasteiger charge is -2.13. The van der Waals surface area contributed by atoms with Gasteiger partial charge in [-0.3, -0.25) is 9.52 Å². The Balaban J connectivity index is 1.80. The molecule has 1 amide bonds. The Bertz CT molecular complexity index is 1180. The minimum absolute atomic E-state index is 0.0968. The predicted octanol–water partition coefficient (Wildman–Crippen LogP) is 5.66. The van der Waals surface area contributed by atoms with Gasteiger partial charge in [0.25, 0.3) is 15.9 Å². The summed E-state index contributed by atoms with van der Waals surface area (Å²) in [5.41, 5.74) is 2.78. The molecule has 150 valence electrons. The number of aryl methyl sites for hydroxylation is 1. The number of amides is 1. The lowest BCUT2D eigenvalue weighted by molar-refractivity contribution is 0.102. The summed E-state index contributed by atoms with van der Waals surface area (Å²) in [6.07, 6.45) is 0. The number of hydrogen-bond acceptors (Lipinski definition) is 3. The summed E-state index contributed by atoms with van der Waals surface area (Å²) >= 11 is 11.9. The van der Waals surface area contributed by atoms with Crippen molar-refractivity contribution >= 4 is 50.5 Å². The van der Waals surface area contributed by atoms with E-state index in [1.807, 2.05) is 6.92 Å². The van der Waals surface area contributed by atoms with Crippen molar-refractivity contribution in [3.63, 3.8) is 0 Å². The zero-order chi connectivity index (χ0) is 21.2. The van der Waals surface area contributed by atoms with Crippen LogP contribution < -0.4 is 10.0 Å². The molecule has 0 aliphatic rings. The van der Waals surface area contributed by atoms with Gasteiger partial charge in [-0.15, -0.1) is 0 Å². The van der Waals surface area contributed by atoms with Crippen LogP contribution in [0.5, 0.6) is 0 Å². The fourth-order valence-electron chi connectivity index (χ4n) is 2.67. The number of anilines is 2. The van der Waals surface area contributed by atoms with Crippen molar-refractivity contribution in [2.75, 3.05) is 10.0 Å². The molecular formula is C21H18Cl2N2O3S. The minimum atomic E-state index is -3.77. The normalized spacial score (nSPS) is 11.2. The fraction of sp³-hybridized carbons (Fsp3) is 0.0952. The second kappa shape index (κ2) is 8.45. The molecule has 0 heterocycles. The van der Waals surface area contributed by atoms with Crippen LogP contribution in [0.4, 0.5) is 11.4 Å². The Hall–Kier alpha value is -2.54. The number of hydrogen-bond donors (Lipinski definition) is 2. The highest BCUT2D eigenvalue weighted by atomic mass is 35.5. The molecule has 2 N–H and O–H groups in total. The van der Waals surface area contributed by atoms with E-state index < -0.39 is 10.0 Å². The van der Waals surface area contributed by atoms with Crippen molar-refractivity contribution in [1.29, 1.82) is 0 Å². The molecule has 0 aliphatic carbocycles. The lowest BCUT2D eigenvalue weighted by atomic mass is 10.1. The Kier molecular flexibility index (Phi) is 6.17. The van der Waals surface area contributed by atoms with Gasteiger partial charge in [0.15, 0.2) is 0 Å². The summed E-state index contributed by atoms with van der Waals surface area (Å²) in [5, 5.41) is 3.83. The highest BCUT2D eigenvalue weighted by Crippen LogP contribution is 2.25. The fourth-order valence-corrected chi connectivity index (χ4v) is 4.11. The van der Waals surface area contributed by atoms with E-state index in [-0.39, 0.29) is 10.8 Å². The van der Waals surface area contributed by atoms with E-state index in [1.54, 1.807) is 43.3 Å². The Labute approximate surface area is 179 Å². The first-order valence-electron chi connectivity index (χ1n) is 8.63. The van der Waals surface area contributed by atoms with Crippen LogP contribution in [0.15, 0.2) is 65.6 Å². The highest BCUT2D eigenvalue weighted by Gasteiger charge is 2.16. The smallest absolute Gasteiger partial charge is 0.261 e. The van der Waals surface area contributed by atoms with Gasteiger partial charge in [-0.1, -0.05) is 29.3 Å². The monoisotopic (exact) mass is 448 g/mol. The third kappa shape index (κ3) is 4.90. The van der Waals surface area contributed by atoms with Crippen LogP contribution in [0, 0.1) is 13.8 Å². The molecule has 0 fully saturated rings. The molecule has 0 spiro atoms. The molecule has 0 aliphatic heterocycles. The number of halogens is 2. The molecule has 3 rings (SSSR count). The molecule has 8 heteroatoms. The van der Waals surface area contributed by atoms with E-state index >= 15 is 0 Å². The molecule has 3 aromatic carbocycles. The number of benzene rings is 3. The molecule has 0 saturated carbocycles. The van der Waals surface area contributed by atoms with Crippen molar-refractivity contribution in [1.82, 2.24) is 0 Å². The van der Waals surface area contributed by atoms with E-state index in [0.29, 0.717) is 32.5 Å². The SMILES string of the molecule is Cc1cc(C(=O)Nc2cccc(Cl)c2C)ccc1NS(=O)(=O)c1ccc(Cl)cc1. The van der Waals surface area contributed by atoms with Gasteiger partial charge in [0, 0.05) is 21.3 Å². The zero-order valence-electron chi connectivity index (χ0n) is 15.7. The number of sulfonamides is 1. The Morgan fingerprint density at radius 1 is 0.897 bits per heavy atom. The summed E-state index contributed by atoms with van der Waals surface area (Å²) in [7, 11) is -3.77. The molecule has 0 radical (unpaired) electrons. The van der Waals surface area contributed by atoms with Gasteiger partial charge in [0.2, 0.25) is 0 Å². The van der Waals surface area contributed by atoms with Crippen LogP contribution in [0.2, 0.25) is 10.0 Å². The standard InChI is InChI=1S/C21H18Cl2N2O3S/c1-13-12-15(21(26)24-20-5-3-4-18(23)14(20)2)6-11-19(13)25-29(27,28)17-9-7-16(22)8-10-17/h3-12,25H,1-2H3,(H,24,26). The van der Waals surface area contributed by atoms with Crippen molar-refractivity contribution < 1.29 is 13.2 Å². The van der Waals surface area contributed by atoms with Crippen LogP contribution in [0.1, 0.15) is 21.5 Å². The van der Waals surface area contributed by atoms with Gasteiger partial charge >= 0.3 is 0 Å². The van der Waals surface area contributed by atoms with Gasteiger partial charge in [-0.05, 0) is 79.6 Å². The first-order valence-corrected chi connectivity index (χ1v) is 10.9. The minimum Gasteiger partial charge on any atom is -0.322 e. The quantitative estimate of drug-likeness (QED) is 0.528. The van der Waals surface area contributed by atoms with E-state index in [4.69, 9.17) is 23.2 Å². The van der Waals surface area contributed by atoms with Crippen LogP contribution in [-0.2, 0) is 10.0 Å². The van der Waals surface area contributed by atoms with Gasteiger partial charge in [-0.2, -0.15) is 0 Å². The zero-order valence-corrected chi connectivity index (χ0v) is 18.0. The Morgan fingerprint density at radius 3 is 2.24 bits per heavy atom. The highest BCUT2D eigenvalue weighted by molar-refractivity contribution is 7.92. The maximum absolute atomic E-state index is 12.6. The van der Waals surface area contributed by atoms with E-state index in [1.165, 1.54) is 24.3 Å². The van der Waals surface area contributed by atoms with Gasteiger partial charge in [0.1, 0.15) is 0 Å². The maximum atomic E-state index is 12.6. The molecule has 0 bridgehead atoms. The number of carbonyl (C=O) groups is 1. The predicted molar refractivity (Wildman–Crippen MR) is 118 cm³/mol. The Morgan fingerprint density at radius 2 is 1.59 bits per heavy atom. The third-order valence-electron chi connectivity index (χ3n) is 4.37. The molecule has 3 aromatic rings. The third-order valence-corrected chi connectivity index (χ3v) is 6.42. The average molecular weight is 449 g/mol. The molecule has 0 unspecified atom stereocenters. The van der Waals surface area contributed by atoms with Gasteiger partial charge < -0.3 is 5.32 Å². The summed E-state index contributed by atoms with van der Waals surface area (Å²) in [6, 6.07) is 15.9. The molecule has 0 aromatic heterocycles. The summed E-state index contributed by atoms with van der Waals surface area (Å²) < 4.78 is 27.6.